The Bertz CT molecular complexity index is 1260. The predicted molar refractivity (Wildman–Crippen MR) is 106 cm³/mol. The van der Waals surface area contributed by atoms with E-state index in [1.165, 1.54) is 16.7 Å². The van der Waals surface area contributed by atoms with Gasteiger partial charge in [0.15, 0.2) is 0 Å². The van der Waals surface area contributed by atoms with Crippen molar-refractivity contribution in [2.24, 2.45) is 7.05 Å². The molecule has 0 aliphatic rings. The smallest absolute Gasteiger partial charge is 0.137 e. The number of benzene rings is 2. The Labute approximate surface area is 151 Å². The monoisotopic (exact) mass is 338 g/mol. The number of aromatic amines is 1. The van der Waals surface area contributed by atoms with Crippen LogP contribution in [0, 0.1) is 6.92 Å². The highest BCUT2D eigenvalue weighted by molar-refractivity contribution is 5.98. The van der Waals surface area contributed by atoms with E-state index in [4.69, 9.17) is 0 Å². The maximum Gasteiger partial charge on any atom is 0.137 e. The molecule has 0 aliphatic heterocycles. The van der Waals surface area contributed by atoms with Gasteiger partial charge in [0.2, 0.25) is 0 Å². The molecule has 126 valence electrons. The summed E-state index contributed by atoms with van der Waals surface area (Å²) in [5.74, 6) is 0. The molecule has 0 spiro atoms. The van der Waals surface area contributed by atoms with E-state index in [1.54, 1.807) is 0 Å². The number of pyridine rings is 1. The zero-order valence-electron chi connectivity index (χ0n) is 14.7. The first-order valence-electron chi connectivity index (χ1n) is 8.66. The number of rotatable bonds is 2. The summed E-state index contributed by atoms with van der Waals surface area (Å²) in [5.41, 5.74) is 7.85. The highest BCUT2D eigenvalue weighted by Crippen LogP contribution is 2.33. The van der Waals surface area contributed by atoms with Crippen molar-refractivity contribution in [2.75, 3.05) is 0 Å². The lowest BCUT2D eigenvalue weighted by Gasteiger charge is -2.06. The van der Waals surface area contributed by atoms with Crippen LogP contribution >= 0.6 is 0 Å². The van der Waals surface area contributed by atoms with E-state index in [0.717, 1.165) is 33.1 Å². The average molecular weight is 338 g/mol. The Morgan fingerprint density at radius 1 is 0.962 bits per heavy atom. The summed E-state index contributed by atoms with van der Waals surface area (Å²) in [6.45, 7) is 2.13. The summed E-state index contributed by atoms with van der Waals surface area (Å²) in [4.78, 5) is 7.94. The topological polar surface area (TPSA) is 46.5 Å². The number of fused-ring (bicyclic) bond motifs is 2. The molecule has 0 unspecified atom stereocenters. The molecule has 2 aromatic carbocycles. The van der Waals surface area contributed by atoms with E-state index in [0.29, 0.717) is 0 Å². The van der Waals surface area contributed by atoms with Crippen molar-refractivity contribution < 1.29 is 0 Å². The van der Waals surface area contributed by atoms with Gasteiger partial charge in [-0.1, -0.05) is 30.3 Å². The van der Waals surface area contributed by atoms with Crippen molar-refractivity contribution in [3.8, 4) is 22.3 Å². The SMILES string of the molecule is Cc1ccccc1-c1cnc2[nH]cc(-c3ccc4nn(C)cc4c3)c2c1. The zero-order valence-corrected chi connectivity index (χ0v) is 14.7. The van der Waals surface area contributed by atoms with Gasteiger partial charge < -0.3 is 4.98 Å². The van der Waals surface area contributed by atoms with Gasteiger partial charge in [-0.3, -0.25) is 4.68 Å². The summed E-state index contributed by atoms with van der Waals surface area (Å²) in [7, 11) is 1.95. The molecule has 4 nitrogen and oxygen atoms in total. The molecule has 26 heavy (non-hydrogen) atoms. The van der Waals surface area contributed by atoms with E-state index < -0.39 is 0 Å². The van der Waals surface area contributed by atoms with Crippen LogP contribution in [0.2, 0.25) is 0 Å². The minimum Gasteiger partial charge on any atom is -0.346 e. The van der Waals surface area contributed by atoms with Crippen molar-refractivity contribution >= 4 is 21.9 Å². The Morgan fingerprint density at radius 2 is 1.85 bits per heavy atom. The zero-order chi connectivity index (χ0) is 17.7. The maximum absolute atomic E-state index is 4.64. The third-order valence-corrected chi connectivity index (χ3v) is 4.92. The van der Waals surface area contributed by atoms with Gasteiger partial charge in [-0.15, -0.1) is 0 Å². The van der Waals surface area contributed by atoms with Crippen molar-refractivity contribution in [3.63, 3.8) is 0 Å². The molecule has 5 aromatic rings. The van der Waals surface area contributed by atoms with E-state index >= 15 is 0 Å². The number of aryl methyl sites for hydroxylation is 2. The fraction of sp³-hybridized carbons (Fsp3) is 0.0909. The van der Waals surface area contributed by atoms with Crippen molar-refractivity contribution in [1.29, 1.82) is 0 Å². The van der Waals surface area contributed by atoms with E-state index in [2.05, 4.69) is 70.5 Å². The second kappa shape index (κ2) is 5.56. The third-order valence-electron chi connectivity index (χ3n) is 4.92. The summed E-state index contributed by atoms with van der Waals surface area (Å²) < 4.78 is 1.85. The van der Waals surface area contributed by atoms with Crippen LogP contribution in [0.5, 0.6) is 0 Å². The van der Waals surface area contributed by atoms with Gasteiger partial charge >= 0.3 is 0 Å². The van der Waals surface area contributed by atoms with Crippen molar-refractivity contribution in [1.82, 2.24) is 19.7 Å². The van der Waals surface area contributed by atoms with Gasteiger partial charge in [0.25, 0.3) is 0 Å². The minimum atomic E-state index is 0.906. The van der Waals surface area contributed by atoms with Crippen LogP contribution in [0.3, 0.4) is 0 Å². The van der Waals surface area contributed by atoms with E-state index in [9.17, 15) is 0 Å². The molecule has 0 radical (unpaired) electrons. The first-order chi connectivity index (χ1) is 12.7. The molecular formula is C22H18N4. The Morgan fingerprint density at radius 3 is 2.73 bits per heavy atom. The number of H-pyrrole nitrogens is 1. The number of nitrogens with one attached hydrogen (secondary N) is 1. The van der Waals surface area contributed by atoms with Crippen LogP contribution in [0.4, 0.5) is 0 Å². The van der Waals surface area contributed by atoms with E-state index in [-0.39, 0.29) is 0 Å². The van der Waals surface area contributed by atoms with Crippen molar-refractivity contribution in [3.05, 3.63) is 72.7 Å². The lowest BCUT2D eigenvalue weighted by atomic mass is 9.99. The van der Waals surface area contributed by atoms with Crippen LogP contribution in [0.15, 0.2) is 67.1 Å². The molecule has 0 saturated heterocycles. The fourth-order valence-electron chi connectivity index (χ4n) is 3.60. The Hall–Kier alpha value is -3.40. The van der Waals surface area contributed by atoms with Crippen LogP contribution in [0.25, 0.3) is 44.2 Å². The first-order valence-corrected chi connectivity index (χ1v) is 8.66. The van der Waals surface area contributed by atoms with Crippen LogP contribution in [0.1, 0.15) is 5.56 Å². The van der Waals surface area contributed by atoms with Gasteiger partial charge in [-0.05, 0) is 41.8 Å². The van der Waals surface area contributed by atoms with Crippen molar-refractivity contribution in [2.45, 2.75) is 6.92 Å². The third kappa shape index (κ3) is 2.30. The summed E-state index contributed by atoms with van der Waals surface area (Å²) in [5, 5.41) is 6.73. The Kier molecular flexibility index (Phi) is 3.19. The normalized spacial score (nSPS) is 11.5. The molecule has 1 N–H and O–H groups in total. The molecule has 3 aromatic heterocycles. The molecule has 0 aliphatic carbocycles. The summed E-state index contributed by atoms with van der Waals surface area (Å²) in [6.07, 6.45) is 6.02. The highest BCUT2D eigenvalue weighted by atomic mass is 15.2. The molecule has 0 bridgehead atoms. The standard InChI is InChI=1S/C22H18N4/c1-14-5-3-4-6-18(14)16-10-19-20(12-24-22(19)23-11-16)15-7-8-21-17(9-15)13-26(2)25-21/h3-13H,1-2H3,(H,23,24). The maximum atomic E-state index is 4.64. The average Bonchev–Trinajstić information content (AvgIpc) is 3.23. The highest BCUT2D eigenvalue weighted by Gasteiger charge is 2.11. The van der Waals surface area contributed by atoms with Gasteiger partial charge in [0, 0.05) is 47.5 Å². The molecule has 0 amide bonds. The van der Waals surface area contributed by atoms with Crippen LogP contribution < -0.4 is 0 Å². The van der Waals surface area contributed by atoms with Gasteiger partial charge in [0.1, 0.15) is 5.65 Å². The molecular weight excluding hydrogens is 320 g/mol. The quantitative estimate of drug-likeness (QED) is 0.487. The Balaban J connectivity index is 1.70. The number of aromatic nitrogens is 4. The second-order valence-corrected chi connectivity index (χ2v) is 6.71. The largest absolute Gasteiger partial charge is 0.346 e. The number of hydrogen-bond acceptors (Lipinski definition) is 2. The summed E-state index contributed by atoms with van der Waals surface area (Å²) in [6, 6.07) is 17.0. The minimum absolute atomic E-state index is 0.906. The fourth-order valence-corrected chi connectivity index (χ4v) is 3.60. The molecule has 0 atom stereocenters. The van der Waals surface area contributed by atoms with E-state index in [1.807, 2.05) is 30.3 Å². The molecule has 5 rings (SSSR count). The molecule has 0 fully saturated rings. The molecule has 3 heterocycles. The van der Waals surface area contributed by atoms with Crippen LogP contribution in [-0.2, 0) is 7.05 Å². The number of hydrogen-bond donors (Lipinski definition) is 1. The predicted octanol–water partition coefficient (Wildman–Crippen LogP) is 5.09. The second-order valence-electron chi connectivity index (χ2n) is 6.71. The van der Waals surface area contributed by atoms with Gasteiger partial charge in [0.05, 0.1) is 5.52 Å². The lowest BCUT2D eigenvalue weighted by Crippen LogP contribution is -1.85. The van der Waals surface area contributed by atoms with Gasteiger partial charge in [-0.2, -0.15) is 5.10 Å². The lowest BCUT2D eigenvalue weighted by molar-refractivity contribution is 0.780. The number of nitrogens with zero attached hydrogens (tertiary/aromatic N) is 3. The summed E-state index contributed by atoms with van der Waals surface area (Å²) >= 11 is 0. The van der Waals surface area contributed by atoms with Gasteiger partial charge in [-0.25, -0.2) is 4.98 Å². The first kappa shape index (κ1) is 14.9. The van der Waals surface area contributed by atoms with Crippen LogP contribution in [-0.4, -0.2) is 19.7 Å². The molecule has 4 heteroatoms. The molecule has 0 saturated carbocycles.